The number of nitrogens with zero attached hydrogens (tertiary/aromatic N) is 2. The van der Waals surface area contributed by atoms with Crippen molar-refractivity contribution in [2.24, 2.45) is 0 Å². The maximum absolute atomic E-state index is 12.7. The summed E-state index contributed by atoms with van der Waals surface area (Å²) in [5.74, 6) is 0.706. The molecule has 0 spiro atoms. The molecule has 1 saturated heterocycles. The van der Waals surface area contributed by atoms with Crippen molar-refractivity contribution >= 4 is 28.6 Å². The van der Waals surface area contributed by atoms with E-state index in [1.54, 1.807) is 18.5 Å². The standard InChI is InChI=1S/C19H19N3O3S/c23-18(22-11-13-5-3-10-24-13)17-15(12-26-19-20-8-4-9-21-19)14-6-1-2-7-16(14)25-17/h1-2,4,6-9,13H,3,5,10-12H2,(H,22,23)/t13-/m1/s1. The molecule has 0 unspecified atom stereocenters. The fourth-order valence-electron chi connectivity index (χ4n) is 3.01. The number of rotatable bonds is 6. The fraction of sp³-hybridized carbons (Fsp3) is 0.316. The summed E-state index contributed by atoms with van der Waals surface area (Å²) in [6.07, 6.45) is 5.54. The second-order valence-electron chi connectivity index (χ2n) is 6.07. The quantitative estimate of drug-likeness (QED) is 0.530. The molecule has 0 saturated carbocycles. The predicted molar refractivity (Wildman–Crippen MR) is 99.1 cm³/mol. The zero-order chi connectivity index (χ0) is 17.8. The van der Waals surface area contributed by atoms with Crippen LogP contribution in [0.25, 0.3) is 11.0 Å². The summed E-state index contributed by atoms with van der Waals surface area (Å²) in [6, 6.07) is 9.47. The number of carbonyl (C=O) groups is 1. The monoisotopic (exact) mass is 369 g/mol. The second kappa shape index (κ2) is 7.88. The van der Waals surface area contributed by atoms with Gasteiger partial charge in [-0.15, -0.1) is 0 Å². The highest BCUT2D eigenvalue weighted by Crippen LogP contribution is 2.31. The van der Waals surface area contributed by atoms with E-state index in [0.29, 0.717) is 28.8 Å². The third kappa shape index (κ3) is 3.73. The highest BCUT2D eigenvalue weighted by Gasteiger charge is 2.23. The number of hydrogen-bond acceptors (Lipinski definition) is 6. The Balaban J connectivity index is 1.55. The molecule has 2 aromatic heterocycles. The molecule has 1 aromatic carbocycles. The molecule has 7 heteroatoms. The molecule has 26 heavy (non-hydrogen) atoms. The molecule has 3 heterocycles. The highest BCUT2D eigenvalue weighted by atomic mass is 32.2. The molecule has 1 fully saturated rings. The van der Waals surface area contributed by atoms with E-state index < -0.39 is 0 Å². The average Bonchev–Trinajstić information content (AvgIpc) is 3.33. The van der Waals surface area contributed by atoms with Crippen LogP contribution < -0.4 is 5.32 Å². The molecule has 6 nitrogen and oxygen atoms in total. The number of para-hydroxylation sites is 1. The number of nitrogens with one attached hydrogen (secondary N) is 1. The Bertz CT molecular complexity index is 891. The summed E-state index contributed by atoms with van der Waals surface area (Å²) < 4.78 is 11.4. The minimum absolute atomic E-state index is 0.0962. The van der Waals surface area contributed by atoms with E-state index in [1.807, 2.05) is 24.3 Å². The molecule has 1 aliphatic rings. The Morgan fingerprint density at radius 1 is 1.23 bits per heavy atom. The molecular weight excluding hydrogens is 350 g/mol. The van der Waals surface area contributed by atoms with Gasteiger partial charge in [0.25, 0.3) is 5.91 Å². The number of furan rings is 1. The molecule has 1 atom stereocenters. The van der Waals surface area contributed by atoms with E-state index in [0.717, 1.165) is 30.4 Å². The van der Waals surface area contributed by atoms with Crippen LogP contribution in [0.4, 0.5) is 0 Å². The summed E-state index contributed by atoms with van der Waals surface area (Å²) >= 11 is 1.48. The lowest BCUT2D eigenvalue weighted by molar-refractivity contribution is 0.0836. The summed E-state index contributed by atoms with van der Waals surface area (Å²) in [5, 5.41) is 4.55. The first kappa shape index (κ1) is 17.1. The van der Waals surface area contributed by atoms with E-state index in [4.69, 9.17) is 9.15 Å². The van der Waals surface area contributed by atoms with E-state index >= 15 is 0 Å². The Labute approximate surface area is 155 Å². The smallest absolute Gasteiger partial charge is 0.287 e. The Hall–Kier alpha value is -2.38. The van der Waals surface area contributed by atoms with Crippen LogP contribution in [0.2, 0.25) is 0 Å². The van der Waals surface area contributed by atoms with Crippen LogP contribution in [0, 0.1) is 0 Å². The molecule has 0 bridgehead atoms. The predicted octanol–water partition coefficient (Wildman–Crippen LogP) is 3.42. The zero-order valence-electron chi connectivity index (χ0n) is 14.2. The van der Waals surface area contributed by atoms with Crippen LogP contribution in [-0.4, -0.2) is 35.1 Å². The number of aromatic nitrogens is 2. The van der Waals surface area contributed by atoms with Gasteiger partial charge >= 0.3 is 0 Å². The largest absolute Gasteiger partial charge is 0.451 e. The SMILES string of the molecule is O=C(NC[C@H]1CCCO1)c1oc2ccccc2c1CSc1ncccn1. The number of amides is 1. The van der Waals surface area contributed by atoms with E-state index in [1.165, 1.54) is 11.8 Å². The molecule has 0 radical (unpaired) electrons. The first-order valence-electron chi connectivity index (χ1n) is 8.61. The average molecular weight is 369 g/mol. The van der Waals surface area contributed by atoms with Crippen molar-refractivity contribution in [3.63, 3.8) is 0 Å². The van der Waals surface area contributed by atoms with Crippen LogP contribution >= 0.6 is 11.8 Å². The summed E-state index contributed by atoms with van der Waals surface area (Å²) in [5.41, 5.74) is 1.57. The van der Waals surface area contributed by atoms with Crippen molar-refractivity contribution in [2.45, 2.75) is 29.9 Å². The first-order valence-corrected chi connectivity index (χ1v) is 9.60. The second-order valence-corrected chi connectivity index (χ2v) is 7.01. The van der Waals surface area contributed by atoms with E-state index in [9.17, 15) is 4.79 Å². The van der Waals surface area contributed by atoms with Crippen molar-refractivity contribution in [3.8, 4) is 0 Å². The van der Waals surface area contributed by atoms with Gasteiger partial charge in [0.05, 0.1) is 6.10 Å². The van der Waals surface area contributed by atoms with Gasteiger partial charge in [-0.25, -0.2) is 9.97 Å². The maximum atomic E-state index is 12.7. The zero-order valence-corrected chi connectivity index (χ0v) is 15.0. The van der Waals surface area contributed by atoms with Crippen LogP contribution in [0.15, 0.2) is 52.3 Å². The molecule has 3 aromatic rings. The number of hydrogen-bond donors (Lipinski definition) is 1. The fourth-order valence-corrected chi connectivity index (χ4v) is 3.85. The van der Waals surface area contributed by atoms with Crippen molar-refractivity contribution in [3.05, 3.63) is 54.0 Å². The van der Waals surface area contributed by atoms with Gasteiger partial charge in [0.15, 0.2) is 10.9 Å². The van der Waals surface area contributed by atoms with Gasteiger partial charge in [-0.2, -0.15) is 0 Å². The highest BCUT2D eigenvalue weighted by molar-refractivity contribution is 7.98. The van der Waals surface area contributed by atoms with Crippen LogP contribution in [0.1, 0.15) is 29.0 Å². The van der Waals surface area contributed by atoms with Gasteiger partial charge in [-0.3, -0.25) is 4.79 Å². The lowest BCUT2D eigenvalue weighted by Crippen LogP contribution is -2.32. The van der Waals surface area contributed by atoms with Gasteiger partial charge in [0.2, 0.25) is 0 Å². The Kier molecular flexibility index (Phi) is 5.17. The number of fused-ring (bicyclic) bond motifs is 1. The third-order valence-electron chi connectivity index (χ3n) is 4.31. The summed E-state index contributed by atoms with van der Waals surface area (Å²) in [4.78, 5) is 21.2. The van der Waals surface area contributed by atoms with Gasteiger partial charge in [-0.05, 0) is 25.0 Å². The molecular formula is C19H19N3O3S. The summed E-state index contributed by atoms with van der Waals surface area (Å²) in [6.45, 7) is 1.27. The maximum Gasteiger partial charge on any atom is 0.287 e. The lowest BCUT2D eigenvalue weighted by atomic mass is 10.1. The molecule has 1 N–H and O–H groups in total. The molecule has 134 valence electrons. The third-order valence-corrected chi connectivity index (χ3v) is 5.21. The van der Waals surface area contributed by atoms with E-state index in [2.05, 4.69) is 15.3 Å². The van der Waals surface area contributed by atoms with Crippen LogP contribution in [0.3, 0.4) is 0 Å². The number of benzene rings is 1. The lowest BCUT2D eigenvalue weighted by Gasteiger charge is -2.10. The van der Waals surface area contributed by atoms with Crippen molar-refractivity contribution in [1.29, 1.82) is 0 Å². The van der Waals surface area contributed by atoms with Gasteiger partial charge in [0, 0.05) is 42.2 Å². The normalized spacial score (nSPS) is 16.8. The Morgan fingerprint density at radius 3 is 2.88 bits per heavy atom. The first-order chi connectivity index (χ1) is 12.8. The van der Waals surface area contributed by atoms with Crippen LogP contribution in [0.5, 0.6) is 0 Å². The van der Waals surface area contributed by atoms with Gasteiger partial charge in [-0.1, -0.05) is 30.0 Å². The molecule has 0 aliphatic carbocycles. The molecule has 4 rings (SSSR count). The van der Waals surface area contributed by atoms with Gasteiger partial charge in [0.1, 0.15) is 5.58 Å². The number of thioether (sulfide) groups is 1. The minimum atomic E-state index is -0.207. The summed E-state index contributed by atoms with van der Waals surface area (Å²) in [7, 11) is 0. The number of ether oxygens (including phenoxy) is 1. The van der Waals surface area contributed by atoms with Crippen molar-refractivity contribution in [2.75, 3.05) is 13.2 Å². The van der Waals surface area contributed by atoms with Crippen molar-refractivity contribution < 1.29 is 13.9 Å². The molecule has 1 amide bonds. The Morgan fingerprint density at radius 2 is 2.08 bits per heavy atom. The minimum Gasteiger partial charge on any atom is -0.451 e. The number of carbonyl (C=O) groups excluding carboxylic acids is 1. The van der Waals surface area contributed by atoms with Gasteiger partial charge < -0.3 is 14.5 Å². The van der Waals surface area contributed by atoms with Crippen molar-refractivity contribution in [1.82, 2.24) is 15.3 Å². The van der Waals surface area contributed by atoms with E-state index in [-0.39, 0.29) is 12.0 Å². The topological polar surface area (TPSA) is 77.2 Å². The van der Waals surface area contributed by atoms with Crippen LogP contribution in [-0.2, 0) is 10.5 Å². The molecule has 1 aliphatic heterocycles.